The van der Waals surface area contributed by atoms with Crippen molar-refractivity contribution in [2.75, 3.05) is 12.0 Å². The van der Waals surface area contributed by atoms with Gasteiger partial charge in [0.1, 0.15) is 0 Å². The van der Waals surface area contributed by atoms with Gasteiger partial charge < -0.3 is 0 Å². The molecular weight excluding hydrogens is 144 g/mol. The van der Waals surface area contributed by atoms with E-state index in [4.69, 9.17) is 0 Å². The molecule has 0 aromatic rings. The van der Waals surface area contributed by atoms with Gasteiger partial charge in [-0.1, -0.05) is 6.08 Å². The Hall–Kier alpha value is -0.370. The molecule has 0 bridgehead atoms. The summed E-state index contributed by atoms with van der Waals surface area (Å²) in [4.78, 5) is 11.8. The van der Waals surface area contributed by atoms with Crippen molar-refractivity contribution in [3.8, 4) is 0 Å². The van der Waals surface area contributed by atoms with Crippen LogP contribution in [-0.2, 0) is 4.79 Å². The van der Waals surface area contributed by atoms with Crippen molar-refractivity contribution in [3.05, 3.63) is 12.7 Å². The molecular formula is C8H14OS. The van der Waals surface area contributed by atoms with Crippen LogP contribution in [0.25, 0.3) is 0 Å². The van der Waals surface area contributed by atoms with Crippen LogP contribution in [0.4, 0.5) is 0 Å². The molecule has 10 heavy (non-hydrogen) atoms. The van der Waals surface area contributed by atoms with Crippen molar-refractivity contribution < 1.29 is 4.79 Å². The van der Waals surface area contributed by atoms with E-state index in [1.165, 1.54) is 0 Å². The van der Waals surface area contributed by atoms with Crippen molar-refractivity contribution in [2.45, 2.75) is 13.8 Å². The zero-order valence-corrected chi connectivity index (χ0v) is 7.62. The minimum Gasteiger partial charge on any atom is -0.294 e. The molecule has 0 aromatic carbocycles. The summed E-state index contributed by atoms with van der Waals surface area (Å²) in [5.41, 5.74) is 0. The summed E-state index contributed by atoms with van der Waals surface area (Å²) in [5.74, 6) is 1.12. The first-order valence-electron chi connectivity index (χ1n) is 3.17. The van der Waals surface area contributed by atoms with Crippen LogP contribution in [0, 0.1) is 0 Å². The maximum absolute atomic E-state index is 10.8. The van der Waals surface area contributed by atoms with Crippen LogP contribution in [0.2, 0.25) is 0 Å². The van der Waals surface area contributed by atoms with E-state index in [2.05, 4.69) is 12.8 Å². The molecule has 1 atom stereocenters. The lowest BCUT2D eigenvalue weighted by Crippen LogP contribution is -2.04. The largest absolute Gasteiger partial charge is 0.294 e. The summed E-state index contributed by atoms with van der Waals surface area (Å²) in [6, 6.07) is 0. The van der Waals surface area contributed by atoms with Crippen molar-refractivity contribution in [2.24, 2.45) is 0 Å². The Bertz CT molecular complexity index is 180. The maximum atomic E-state index is 10.8. The fourth-order valence-corrected chi connectivity index (χ4v) is 1.64. The topological polar surface area (TPSA) is 17.1 Å². The fourth-order valence-electron chi connectivity index (χ4n) is 0.547. The molecule has 0 rings (SSSR count). The molecule has 0 saturated carbocycles. The molecule has 0 aliphatic carbocycles. The second-order valence-electron chi connectivity index (χ2n) is 2.20. The van der Waals surface area contributed by atoms with Gasteiger partial charge in [-0.15, -0.1) is 6.58 Å². The summed E-state index contributed by atoms with van der Waals surface area (Å²) in [6.07, 6.45) is 3.92. The molecule has 0 radical (unpaired) electrons. The van der Waals surface area contributed by atoms with Crippen molar-refractivity contribution in [1.29, 1.82) is 0 Å². The van der Waals surface area contributed by atoms with Gasteiger partial charge in [0.15, 0.2) is 5.78 Å². The van der Waals surface area contributed by atoms with Crippen LogP contribution in [0.15, 0.2) is 12.7 Å². The van der Waals surface area contributed by atoms with Gasteiger partial charge >= 0.3 is 0 Å². The van der Waals surface area contributed by atoms with E-state index in [-0.39, 0.29) is 16.3 Å². The average Bonchev–Trinajstić information content (AvgIpc) is 1.87. The van der Waals surface area contributed by atoms with Gasteiger partial charge in [0, 0.05) is 10.6 Å². The molecule has 0 aromatic heterocycles. The number of carbonyl (C=O) groups is 1. The van der Waals surface area contributed by atoms with Gasteiger partial charge in [-0.2, -0.15) is 10.5 Å². The highest BCUT2D eigenvalue weighted by molar-refractivity contribution is 8.16. The van der Waals surface area contributed by atoms with E-state index in [1.807, 2.05) is 13.0 Å². The van der Waals surface area contributed by atoms with Gasteiger partial charge in [0.25, 0.3) is 0 Å². The van der Waals surface area contributed by atoms with Crippen LogP contribution in [0.1, 0.15) is 13.8 Å². The third kappa shape index (κ3) is 2.97. The molecule has 2 heteroatoms. The Labute approximate surface area is 65.1 Å². The Kier molecular flexibility index (Phi) is 4.28. The molecule has 0 fully saturated rings. The van der Waals surface area contributed by atoms with Gasteiger partial charge in [-0.25, -0.2) is 0 Å². The van der Waals surface area contributed by atoms with E-state index < -0.39 is 0 Å². The van der Waals surface area contributed by atoms with E-state index in [0.29, 0.717) is 0 Å². The molecule has 0 saturated heterocycles. The van der Waals surface area contributed by atoms with Crippen LogP contribution < -0.4 is 0 Å². The summed E-state index contributed by atoms with van der Waals surface area (Å²) >= 11 is 0. The Balaban J connectivity index is 4.33. The number of carbonyl (C=O) groups excluding carboxylic acids is 1. The molecule has 58 valence electrons. The quantitative estimate of drug-likeness (QED) is 0.452. The lowest BCUT2D eigenvalue weighted by Gasteiger charge is -2.01. The second-order valence-corrected chi connectivity index (χ2v) is 4.42. The number of Topliss-reactive ketones (excluding diaryl/α,β-unsaturated/α-hetero) is 1. The Morgan fingerprint density at radius 2 is 2.10 bits per heavy atom. The van der Waals surface area contributed by atoms with E-state index in [9.17, 15) is 4.79 Å². The van der Waals surface area contributed by atoms with E-state index in [0.717, 1.165) is 10.6 Å². The summed E-state index contributed by atoms with van der Waals surface area (Å²) in [6.45, 7) is 7.14. The lowest BCUT2D eigenvalue weighted by molar-refractivity contribution is -0.110. The summed E-state index contributed by atoms with van der Waals surface area (Å²) < 4.78 is 0. The van der Waals surface area contributed by atoms with Gasteiger partial charge in [-0.05, 0) is 20.1 Å². The van der Waals surface area contributed by atoms with Gasteiger partial charge in [-0.3, -0.25) is 4.79 Å². The Morgan fingerprint density at radius 3 is 2.40 bits per heavy atom. The highest BCUT2D eigenvalue weighted by Gasteiger charge is 1.98. The monoisotopic (exact) mass is 158 g/mol. The third-order valence-electron chi connectivity index (χ3n) is 1.39. The van der Waals surface area contributed by atoms with E-state index in [1.54, 1.807) is 6.92 Å². The zero-order valence-electron chi connectivity index (χ0n) is 6.81. The normalized spacial score (nSPS) is 14.1. The fraction of sp³-hybridized carbons (Fsp3) is 0.500. The SMILES string of the molecule is C=CC/S(C)=C(\C)C(C)=O. The summed E-state index contributed by atoms with van der Waals surface area (Å²) in [5, 5.41) is 0. The smallest absolute Gasteiger partial charge is 0.160 e. The van der Waals surface area contributed by atoms with Crippen molar-refractivity contribution in [1.82, 2.24) is 0 Å². The number of rotatable bonds is 3. The molecule has 0 amide bonds. The van der Waals surface area contributed by atoms with Gasteiger partial charge in [0.2, 0.25) is 0 Å². The number of hydrogen-bond acceptors (Lipinski definition) is 1. The molecule has 1 nitrogen and oxygen atoms in total. The van der Waals surface area contributed by atoms with Crippen LogP contribution in [-0.4, -0.2) is 22.7 Å². The molecule has 0 N–H and O–H groups in total. The predicted molar refractivity (Wildman–Crippen MR) is 49.9 cm³/mol. The molecule has 0 aliphatic rings. The molecule has 0 aliphatic heterocycles. The highest BCUT2D eigenvalue weighted by Crippen LogP contribution is 2.09. The highest BCUT2D eigenvalue weighted by atomic mass is 32.2. The first-order valence-corrected chi connectivity index (χ1v) is 4.97. The van der Waals surface area contributed by atoms with Crippen molar-refractivity contribution >= 4 is 21.1 Å². The number of hydrogen-bond donors (Lipinski definition) is 0. The Morgan fingerprint density at radius 1 is 1.60 bits per heavy atom. The first-order chi connectivity index (χ1) is 4.59. The zero-order chi connectivity index (χ0) is 8.15. The second kappa shape index (κ2) is 4.45. The first kappa shape index (κ1) is 9.63. The lowest BCUT2D eigenvalue weighted by atomic mass is 10.4. The average molecular weight is 158 g/mol. The van der Waals surface area contributed by atoms with Crippen LogP contribution in [0.3, 0.4) is 0 Å². The number of ketones is 1. The van der Waals surface area contributed by atoms with Crippen LogP contribution in [0.5, 0.6) is 0 Å². The molecule has 1 unspecified atom stereocenters. The molecule has 0 spiro atoms. The molecule has 0 heterocycles. The van der Waals surface area contributed by atoms with Gasteiger partial charge in [0.05, 0.1) is 0 Å². The van der Waals surface area contributed by atoms with Crippen LogP contribution >= 0.6 is 10.5 Å². The minimum atomic E-state index is 0.104. The minimum absolute atomic E-state index is 0.104. The van der Waals surface area contributed by atoms with E-state index >= 15 is 0 Å². The maximum Gasteiger partial charge on any atom is 0.160 e. The third-order valence-corrected chi connectivity index (χ3v) is 3.45. The predicted octanol–water partition coefficient (Wildman–Crippen LogP) is 1.85. The summed E-state index contributed by atoms with van der Waals surface area (Å²) in [7, 11) is 0.104. The van der Waals surface area contributed by atoms with Crippen molar-refractivity contribution in [3.63, 3.8) is 0 Å². The standard InChI is InChI=1S/C8H14OS/c1-5-6-10(4)8(3)7(2)9/h5H,1,6H2,2-4H3.